The van der Waals surface area contributed by atoms with Crippen molar-refractivity contribution < 1.29 is 34.2 Å². The Kier molecular flexibility index (Phi) is 14.3. The minimum absolute atomic E-state index is 0.0302. The van der Waals surface area contributed by atoms with E-state index in [0.29, 0.717) is 5.75 Å². The number of nitrogens with one attached hydrogen (secondary N) is 3. The highest BCUT2D eigenvalue weighted by Crippen LogP contribution is 2.08. The van der Waals surface area contributed by atoms with Crippen LogP contribution >= 0.6 is 11.8 Å². The predicted octanol–water partition coefficient (Wildman–Crippen LogP) is -1.70. The molecule has 4 amide bonds. The van der Waals surface area contributed by atoms with E-state index in [-0.39, 0.29) is 31.6 Å². The summed E-state index contributed by atoms with van der Waals surface area (Å²) in [4.78, 5) is 60.1. The van der Waals surface area contributed by atoms with Crippen molar-refractivity contribution in [1.82, 2.24) is 16.0 Å². The molecule has 0 saturated carbocycles. The Bertz CT molecular complexity index is 690. The molecule has 190 valence electrons. The number of aliphatic carboxylic acids is 1. The normalized spacial score (nSPS) is 15.6. The molecule has 0 fully saturated rings. The molecule has 12 nitrogen and oxygen atoms in total. The second-order valence-corrected chi connectivity index (χ2v) is 9.20. The van der Waals surface area contributed by atoms with Gasteiger partial charge in [0.15, 0.2) is 0 Å². The highest BCUT2D eigenvalue weighted by Gasteiger charge is 2.32. The first-order valence-corrected chi connectivity index (χ1v) is 12.0. The predicted molar refractivity (Wildman–Crippen MR) is 124 cm³/mol. The van der Waals surface area contributed by atoms with Gasteiger partial charge in [-0.2, -0.15) is 11.8 Å². The standard InChI is InChI=1S/C20H37N5O7S/c1-10(2)9-14(18(29)23-13(20(31)32)7-8-33-4)24-19(30)16(11(3)26)25-17(28)12(21)5-6-15(22)27/h10-14,16,26H,5-9,21H2,1-4H3,(H2,22,27)(H,23,29)(H,24,30)(H,25,28)(H,31,32). The molecule has 33 heavy (non-hydrogen) atoms. The molecule has 0 aliphatic rings. The Hall–Kier alpha value is -2.38. The average Bonchev–Trinajstić information content (AvgIpc) is 2.71. The molecule has 0 aromatic rings. The van der Waals surface area contributed by atoms with Crippen molar-refractivity contribution in [2.75, 3.05) is 12.0 Å². The van der Waals surface area contributed by atoms with Gasteiger partial charge in [0.05, 0.1) is 12.1 Å². The minimum atomic E-state index is -1.42. The molecule has 0 saturated heterocycles. The number of rotatable bonds is 16. The molecule has 0 spiro atoms. The highest BCUT2D eigenvalue weighted by molar-refractivity contribution is 7.98. The van der Waals surface area contributed by atoms with E-state index in [0.717, 1.165) is 0 Å². The summed E-state index contributed by atoms with van der Waals surface area (Å²) >= 11 is 1.44. The van der Waals surface area contributed by atoms with Crippen LogP contribution in [0.2, 0.25) is 0 Å². The maximum atomic E-state index is 12.8. The third kappa shape index (κ3) is 12.4. The zero-order chi connectivity index (χ0) is 25.7. The first-order valence-electron chi connectivity index (χ1n) is 10.6. The summed E-state index contributed by atoms with van der Waals surface area (Å²) in [7, 11) is 0. The Balaban J connectivity index is 5.36. The minimum Gasteiger partial charge on any atom is -0.480 e. The summed E-state index contributed by atoms with van der Waals surface area (Å²) in [6, 6.07) is -4.76. The molecule has 0 aliphatic carbocycles. The van der Waals surface area contributed by atoms with Crippen LogP contribution in [0.25, 0.3) is 0 Å². The SMILES string of the molecule is CSCCC(NC(=O)C(CC(C)C)NC(=O)C(NC(=O)C(N)CCC(N)=O)C(C)O)C(=O)O. The maximum Gasteiger partial charge on any atom is 0.326 e. The number of nitrogens with two attached hydrogens (primary N) is 2. The summed E-state index contributed by atoms with van der Waals surface area (Å²) in [5.41, 5.74) is 10.7. The largest absolute Gasteiger partial charge is 0.480 e. The van der Waals surface area contributed by atoms with Crippen LogP contribution in [0, 0.1) is 5.92 Å². The number of aliphatic hydroxyl groups excluding tert-OH is 1. The second kappa shape index (κ2) is 15.5. The van der Waals surface area contributed by atoms with Gasteiger partial charge in [0.2, 0.25) is 23.6 Å². The molecule has 0 heterocycles. The Morgan fingerprint density at radius 1 is 0.909 bits per heavy atom. The quantitative estimate of drug-likeness (QED) is 0.131. The van der Waals surface area contributed by atoms with Crippen LogP contribution in [0.15, 0.2) is 0 Å². The lowest BCUT2D eigenvalue weighted by Crippen LogP contribution is -2.60. The van der Waals surface area contributed by atoms with E-state index in [9.17, 15) is 34.2 Å². The third-order valence-electron chi connectivity index (χ3n) is 4.67. The number of amides is 4. The molecular formula is C20H37N5O7S. The van der Waals surface area contributed by atoms with Gasteiger partial charge in [-0.1, -0.05) is 13.8 Å². The molecule has 0 aliphatic heterocycles. The number of hydrogen-bond donors (Lipinski definition) is 7. The van der Waals surface area contributed by atoms with E-state index in [1.165, 1.54) is 18.7 Å². The first-order chi connectivity index (χ1) is 15.3. The summed E-state index contributed by atoms with van der Waals surface area (Å²) in [6.45, 7) is 4.92. The van der Waals surface area contributed by atoms with Crippen LogP contribution in [-0.2, 0) is 24.0 Å². The molecule has 5 unspecified atom stereocenters. The zero-order valence-electron chi connectivity index (χ0n) is 19.5. The lowest BCUT2D eigenvalue weighted by Gasteiger charge is -2.27. The van der Waals surface area contributed by atoms with Crippen LogP contribution in [0.4, 0.5) is 0 Å². The average molecular weight is 492 g/mol. The van der Waals surface area contributed by atoms with Gasteiger partial charge in [-0.3, -0.25) is 19.2 Å². The molecule has 9 N–H and O–H groups in total. The van der Waals surface area contributed by atoms with Crippen molar-refractivity contribution in [1.29, 1.82) is 0 Å². The van der Waals surface area contributed by atoms with Gasteiger partial charge in [-0.15, -0.1) is 0 Å². The Morgan fingerprint density at radius 3 is 1.94 bits per heavy atom. The molecule has 0 aromatic carbocycles. The lowest BCUT2D eigenvalue weighted by molar-refractivity contribution is -0.142. The topological polar surface area (TPSA) is 214 Å². The van der Waals surface area contributed by atoms with Crippen LogP contribution in [0.3, 0.4) is 0 Å². The summed E-state index contributed by atoms with van der Waals surface area (Å²) in [5.74, 6) is -3.63. The zero-order valence-corrected chi connectivity index (χ0v) is 20.3. The molecule has 0 aromatic heterocycles. The summed E-state index contributed by atoms with van der Waals surface area (Å²) < 4.78 is 0. The van der Waals surface area contributed by atoms with Gasteiger partial charge in [0, 0.05) is 6.42 Å². The number of carbonyl (C=O) groups is 5. The number of thioether (sulfide) groups is 1. The molecule has 5 atom stereocenters. The van der Waals surface area contributed by atoms with Gasteiger partial charge >= 0.3 is 5.97 Å². The number of carboxylic acids is 1. The van der Waals surface area contributed by atoms with E-state index in [2.05, 4.69) is 16.0 Å². The highest BCUT2D eigenvalue weighted by atomic mass is 32.2. The molecule has 13 heteroatoms. The fourth-order valence-corrected chi connectivity index (χ4v) is 3.30. The lowest BCUT2D eigenvalue weighted by atomic mass is 10.0. The molecule has 0 bridgehead atoms. The summed E-state index contributed by atoms with van der Waals surface area (Å²) in [5, 5.41) is 26.6. The van der Waals surface area contributed by atoms with E-state index in [1.807, 2.05) is 20.1 Å². The number of carboxylic acid groups (broad SMARTS) is 1. The Labute approximate surface area is 198 Å². The van der Waals surface area contributed by atoms with Crippen molar-refractivity contribution in [2.24, 2.45) is 17.4 Å². The van der Waals surface area contributed by atoms with Gasteiger partial charge < -0.3 is 37.6 Å². The van der Waals surface area contributed by atoms with Gasteiger partial charge in [-0.05, 0) is 44.1 Å². The monoisotopic (exact) mass is 491 g/mol. The number of primary amides is 1. The smallest absolute Gasteiger partial charge is 0.326 e. The van der Waals surface area contributed by atoms with E-state index in [1.54, 1.807) is 0 Å². The van der Waals surface area contributed by atoms with Crippen LogP contribution < -0.4 is 27.4 Å². The van der Waals surface area contributed by atoms with Crippen LogP contribution in [-0.4, -0.2) is 82.1 Å². The molecule has 0 rings (SSSR count). The molecular weight excluding hydrogens is 454 g/mol. The summed E-state index contributed by atoms with van der Waals surface area (Å²) in [6.07, 6.45) is 0.726. The van der Waals surface area contributed by atoms with Crippen LogP contribution in [0.5, 0.6) is 0 Å². The maximum absolute atomic E-state index is 12.8. The first kappa shape index (κ1) is 30.6. The molecule has 0 radical (unpaired) electrons. The van der Waals surface area contributed by atoms with E-state index < -0.39 is 59.9 Å². The third-order valence-corrected chi connectivity index (χ3v) is 5.31. The van der Waals surface area contributed by atoms with Crippen LogP contribution in [0.1, 0.15) is 46.5 Å². The van der Waals surface area contributed by atoms with E-state index in [4.69, 9.17) is 11.5 Å². The van der Waals surface area contributed by atoms with Crippen molar-refractivity contribution in [3.05, 3.63) is 0 Å². The number of hydrogen-bond acceptors (Lipinski definition) is 8. The van der Waals surface area contributed by atoms with Gasteiger partial charge in [0.1, 0.15) is 18.1 Å². The van der Waals surface area contributed by atoms with Crippen molar-refractivity contribution in [3.8, 4) is 0 Å². The van der Waals surface area contributed by atoms with Crippen molar-refractivity contribution >= 4 is 41.4 Å². The number of carbonyl (C=O) groups excluding carboxylic acids is 4. The van der Waals surface area contributed by atoms with Gasteiger partial charge in [0.25, 0.3) is 0 Å². The van der Waals surface area contributed by atoms with E-state index >= 15 is 0 Å². The number of aliphatic hydroxyl groups is 1. The fraction of sp³-hybridized carbons (Fsp3) is 0.750. The second-order valence-electron chi connectivity index (χ2n) is 8.21. The fourth-order valence-electron chi connectivity index (χ4n) is 2.82. The van der Waals surface area contributed by atoms with Gasteiger partial charge in [-0.25, -0.2) is 4.79 Å². The van der Waals surface area contributed by atoms with Crippen molar-refractivity contribution in [2.45, 2.75) is 76.7 Å². The Morgan fingerprint density at radius 2 is 1.48 bits per heavy atom. The van der Waals surface area contributed by atoms with Crippen molar-refractivity contribution in [3.63, 3.8) is 0 Å².